The van der Waals surface area contributed by atoms with Gasteiger partial charge in [0.15, 0.2) is 11.6 Å². The number of benzene rings is 1. The van der Waals surface area contributed by atoms with Crippen molar-refractivity contribution in [1.82, 2.24) is 25.3 Å². The molecular formula is C27H29ClF3N5O3. The number of hydrogen-bond donors (Lipinski definition) is 2. The molecule has 0 aliphatic heterocycles. The van der Waals surface area contributed by atoms with E-state index in [4.69, 9.17) is 16.3 Å². The van der Waals surface area contributed by atoms with E-state index in [1.165, 1.54) is 19.4 Å². The van der Waals surface area contributed by atoms with E-state index in [1.54, 1.807) is 12.1 Å². The topological polar surface area (TPSA) is 110 Å². The van der Waals surface area contributed by atoms with Gasteiger partial charge in [-0.25, -0.2) is 9.97 Å². The van der Waals surface area contributed by atoms with Crippen LogP contribution in [0.3, 0.4) is 0 Å². The quantitative estimate of drug-likeness (QED) is 0.351. The van der Waals surface area contributed by atoms with E-state index in [2.05, 4.69) is 25.3 Å². The molecule has 2 heterocycles. The van der Waals surface area contributed by atoms with Crippen LogP contribution in [0.5, 0.6) is 11.9 Å². The monoisotopic (exact) mass is 563 g/mol. The van der Waals surface area contributed by atoms with E-state index < -0.39 is 23.5 Å². The van der Waals surface area contributed by atoms with E-state index in [-0.39, 0.29) is 42.0 Å². The van der Waals surface area contributed by atoms with E-state index in [0.717, 1.165) is 5.56 Å². The average molecular weight is 564 g/mol. The minimum atomic E-state index is -4.63. The molecule has 2 N–H and O–H groups in total. The molecule has 3 aromatic rings. The third kappa shape index (κ3) is 5.93. The van der Waals surface area contributed by atoms with E-state index in [0.29, 0.717) is 41.8 Å². The lowest BCUT2D eigenvalue weighted by atomic mass is 9.72. The maximum Gasteiger partial charge on any atom is 0.403 e. The molecule has 2 aromatic heterocycles. The summed E-state index contributed by atoms with van der Waals surface area (Å²) in [5, 5.41) is 13.0. The molecule has 0 bridgehead atoms. The van der Waals surface area contributed by atoms with E-state index in [1.807, 2.05) is 19.9 Å². The first-order valence-electron chi connectivity index (χ1n) is 12.6. The Morgan fingerprint density at radius 2 is 1.82 bits per heavy atom. The Balaban J connectivity index is 1.62. The number of hydrogen-bond acceptors (Lipinski definition) is 7. The predicted octanol–water partition coefficient (Wildman–Crippen LogP) is 6.22. The minimum Gasteiger partial charge on any atom is -0.481 e. The number of amides is 1. The molecule has 1 fully saturated rings. The van der Waals surface area contributed by atoms with Gasteiger partial charge in [-0.2, -0.15) is 23.1 Å². The highest BCUT2D eigenvalue weighted by atomic mass is 35.5. The van der Waals surface area contributed by atoms with Crippen molar-refractivity contribution in [3.8, 4) is 34.7 Å². The van der Waals surface area contributed by atoms with Gasteiger partial charge in [-0.05, 0) is 42.5 Å². The second-order valence-electron chi connectivity index (χ2n) is 9.90. The molecule has 39 heavy (non-hydrogen) atoms. The third-order valence-electron chi connectivity index (χ3n) is 6.99. The third-order valence-corrected chi connectivity index (χ3v) is 7.31. The molecule has 4 rings (SSSR count). The SMILES string of the molecule is COc1ncc(-c2nc(O)nc(-c3cc(CNC(=O)C4(C(F)(F)F)CCCCC4)ccc3Cl)n2)cc1C(C)C. The Morgan fingerprint density at radius 1 is 1.13 bits per heavy atom. The van der Waals surface area contributed by atoms with Crippen molar-refractivity contribution in [2.24, 2.45) is 5.41 Å². The van der Waals surface area contributed by atoms with Crippen LogP contribution in [0.1, 0.15) is 63.0 Å². The van der Waals surface area contributed by atoms with Crippen molar-refractivity contribution < 1.29 is 27.8 Å². The highest BCUT2D eigenvalue weighted by Gasteiger charge is 2.59. The number of nitrogens with one attached hydrogen (secondary N) is 1. The Bertz CT molecular complexity index is 1360. The lowest BCUT2D eigenvalue weighted by molar-refractivity contribution is -0.230. The normalized spacial score (nSPS) is 15.3. The van der Waals surface area contributed by atoms with Gasteiger partial charge in [0.2, 0.25) is 11.8 Å². The molecule has 1 amide bonds. The molecule has 0 unspecified atom stereocenters. The summed E-state index contributed by atoms with van der Waals surface area (Å²) in [5.74, 6) is -0.274. The number of ether oxygens (including phenoxy) is 1. The predicted molar refractivity (Wildman–Crippen MR) is 139 cm³/mol. The van der Waals surface area contributed by atoms with Crippen LogP contribution in [0, 0.1) is 5.41 Å². The summed E-state index contributed by atoms with van der Waals surface area (Å²) in [4.78, 5) is 29.6. The van der Waals surface area contributed by atoms with Gasteiger partial charge in [-0.3, -0.25) is 4.79 Å². The number of aromatic nitrogens is 4. The summed E-state index contributed by atoms with van der Waals surface area (Å²) >= 11 is 6.41. The summed E-state index contributed by atoms with van der Waals surface area (Å²) in [5.41, 5.74) is -0.234. The first-order chi connectivity index (χ1) is 18.4. The zero-order valence-electron chi connectivity index (χ0n) is 21.8. The van der Waals surface area contributed by atoms with Crippen molar-refractivity contribution in [2.75, 3.05) is 7.11 Å². The number of alkyl halides is 3. The minimum absolute atomic E-state index is 0.0524. The van der Waals surface area contributed by atoms with Crippen LogP contribution < -0.4 is 10.1 Å². The molecule has 1 aliphatic carbocycles. The standard InChI is InChI=1S/C27H29ClF3N5O3/c1-15(2)18-12-17(14-32-23(18)39-3)21-34-22(36-25(38)35-21)19-11-16(7-8-20(19)28)13-33-24(37)26(27(29,30)31)9-5-4-6-10-26/h7-8,11-12,14-15H,4-6,9-10,13H2,1-3H3,(H,33,37)(H,34,35,36,38). The van der Waals surface area contributed by atoms with Crippen molar-refractivity contribution in [3.63, 3.8) is 0 Å². The van der Waals surface area contributed by atoms with Gasteiger partial charge >= 0.3 is 12.2 Å². The molecule has 0 radical (unpaired) electrons. The van der Waals surface area contributed by atoms with Crippen LogP contribution >= 0.6 is 11.6 Å². The van der Waals surface area contributed by atoms with Crippen molar-refractivity contribution in [2.45, 2.75) is 64.6 Å². The van der Waals surface area contributed by atoms with Gasteiger partial charge in [0, 0.05) is 29.4 Å². The van der Waals surface area contributed by atoms with E-state index >= 15 is 0 Å². The fourth-order valence-electron chi connectivity index (χ4n) is 4.79. The molecule has 0 atom stereocenters. The van der Waals surface area contributed by atoms with Gasteiger partial charge in [0.05, 0.1) is 12.1 Å². The zero-order valence-corrected chi connectivity index (χ0v) is 22.5. The second-order valence-corrected chi connectivity index (χ2v) is 10.3. The summed E-state index contributed by atoms with van der Waals surface area (Å²) in [6.07, 6.45) is -2.18. The van der Waals surface area contributed by atoms with Gasteiger partial charge in [0.25, 0.3) is 0 Å². The van der Waals surface area contributed by atoms with Crippen LogP contribution in [0.15, 0.2) is 30.5 Å². The summed E-state index contributed by atoms with van der Waals surface area (Å²) in [7, 11) is 1.52. The van der Waals surface area contributed by atoms with Crippen LogP contribution in [0.25, 0.3) is 22.8 Å². The number of carbonyl (C=O) groups is 1. The summed E-state index contributed by atoms with van der Waals surface area (Å²) in [6.45, 7) is 3.81. The van der Waals surface area contributed by atoms with Crippen molar-refractivity contribution >= 4 is 17.5 Å². The molecular weight excluding hydrogens is 535 g/mol. The van der Waals surface area contributed by atoms with Crippen molar-refractivity contribution in [3.05, 3.63) is 46.6 Å². The first kappa shape index (κ1) is 28.5. The number of methoxy groups -OCH3 is 1. The van der Waals surface area contributed by atoms with Crippen LogP contribution in [0.4, 0.5) is 13.2 Å². The lowest BCUT2D eigenvalue weighted by Gasteiger charge is -2.37. The van der Waals surface area contributed by atoms with E-state index in [9.17, 15) is 23.1 Å². The van der Waals surface area contributed by atoms with Crippen molar-refractivity contribution in [1.29, 1.82) is 0 Å². The fraction of sp³-hybridized carbons (Fsp3) is 0.444. The summed E-state index contributed by atoms with van der Waals surface area (Å²) < 4.78 is 47.0. The van der Waals surface area contributed by atoms with Gasteiger partial charge in [0.1, 0.15) is 5.41 Å². The number of carbonyl (C=O) groups excluding carboxylic acids is 1. The molecule has 1 aromatic carbocycles. The van der Waals surface area contributed by atoms with Gasteiger partial charge in [-0.1, -0.05) is 50.8 Å². The Hall–Kier alpha value is -3.47. The molecule has 1 aliphatic rings. The second kappa shape index (κ2) is 11.3. The molecule has 208 valence electrons. The fourth-order valence-corrected chi connectivity index (χ4v) is 4.99. The zero-order chi connectivity index (χ0) is 28.4. The molecule has 0 spiro atoms. The van der Waals surface area contributed by atoms with Gasteiger partial charge in [-0.15, -0.1) is 0 Å². The Morgan fingerprint density at radius 3 is 2.46 bits per heavy atom. The van der Waals surface area contributed by atoms with Crippen LogP contribution in [-0.4, -0.2) is 44.2 Å². The number of pyridine rings is 1. The Labute approximate surface area is 229 Å². The molecule has 8 nitrogen and oxygen atoms in total. The highest BCUT2D eigenvalue weighted by Crippen LogP contribution is 2.49. The average Bonchev–Trinajstić information content (AvgIpc) is 2.91. The number of aromatic hydroxyl groups is 1. The number of rotatable bonds is 7. The number of nitrogens with zero attached hydrogens (tertiary/aromatic N) is 4. The summed E-state index contributed by atoms with van der Waals surface area (Å²) in [6, 6.07) is 5.96. The Kier molecular flexibility index (Phi) is 8.29. The van der Waals surface area contributed by atoms with Crippen LogP contribution in [0.2, 0.25) is 5.02 Å². The largest absolute Gasteiger partial charge is 0.481 e. The van der Waals surface area contributed by atoms with Gasteiger partial charge < -0.3 is 15.2 Å². The molecule has 0 saturated heterocycles. The maximum absolute atomic E-state index is 13.9. The maximum atomic E-state index is 13.9. The molecule has 1 saturated carbocycles. The van der Waals surface area contributed by atoms with Crippen LogP contribution in [-0.2, 0) is 11.3 Å². The first-order valence-corrected chi connectivity index (χ1v) is 13.0. The highest BCUT2D eigenvalue weighted by molar-refractivity contribution is 6.33. The lowest BCUT2D eigenvalue weighted by Crippen LogP contribution is -2.51. The number of halogens is 4. The smallest absolute Gasteiger partial charge is 0.403 e. The molecule has 12 heteroatoms.